The van der Waals surface area contributed by atoms with E-state index in [1.54, 1.807) is 36.4 Å². The predicted molar refractivity (Wildman–Crippen MR) is 97.4 cm³/mol. The molecule has 2 unspecified atom stereocenters. The number of rotatable bonds is 2. The highest BCUT2D eigenvalue weighted by molar-refractivity contribution is 6.30. The van der Waals surface area contributed by atoms with Crippen LogP contribution in [0.2, 0.25) is 5.02 Å². The van der Waals surface area contributed by atoms with E-state index in [1.165, 1.54) is 4.68 Å². The van der Waals surface area contributed by atoms with Crippen LogP contribution in [0.5, 0.6) is 0 Å². The van der Waals surface area contributed by atoms with Gasteiger partial charge >= 0.3 is 0 Å². The molecule has 0 saturated heterocycles. The molecule has 1 amide bonds. The lowest BCUT2D eigenvalue weighted by molar-refractivity contribution is -0.119. The highest BCUT2D eigenvalue weighted by Crippen LogP contribution is 2.38. The van der Waals surface area contributed by atoms with Gasteiger partial charge in [0.2, 0.25) is 5.91 Å². The Morgan fingerprint density at radius 1 is 1.04 bits per heavy atom. The van der Waals surface area contributed by atoms with Crippen molar-refractivity contribution in [3.8, 4) is 11.8 Å². The third-order valence-electron chi connectivity index (χ3n) is 4.48. The number of hydrogen-bond donors (Lipinski definition) is 2. The van der Waals surface area contributed by atoms with E-state index in [9.17, 15) is 14.9 Å². The summed E-state index contributed by atoms with van der Waals surface area (Å²) >= 11 is 5.95. The molecule has 2 aromatic carbocycles. The fraction of sp³-hybridized carbons (Fsp3) is 0.105. The first-order chi connectivity index (χ1) is 12.6. The van der Waals surface area contributed by atoms with E-state index in [4.69, 9.17) is 11.6 Å². The van der Waals surface area contributed by atoms with Crippen LogP contribution in [0.3, 0.4) is 0 Å². The van der Waals surface area contributed by atoms with Gasteiger partial charge in [0.05, 0.1) is 17.3 Å². The van der Waals surface area contributed by atoms with Crippen LogP contribution in [0.15, 0.2) is 59.4 Å². The Bertz CT molecular complexity index is 1080. The van der Waals surface area contributed by atoms with Gasteiger partial charge in [0, 0.05) is 10.9 Å². The molecule has 0 aliphatic carbocycles. The van der Waals surface area contributed by atoms with Gasteiger partial charge in [-0.3, -0.25) is 14.7 Å². The van der Waals surface area contributed by atoms with Gasteiger partial charge in [-0.25, -0.2) is 4.68 Å². The lowest BCUT2D eigenvalue weighted by atomic mass is 9.79. The van der Waals surface area contributed by atoms with Crippen molar-refractivity contribution in [1.29, 1.82) is 5.26 Å². The van der Waals surface area contributed by atoms with Crippen LogP contribution in [0.1, 0.15) is 17.0 Å². The summed E-state index contributed by atoms with van der Waals surface area (Å²) in [5, 5.41) is 15.7. The number of aromatic amines is 1. The molecule has 0 spiro atoms. The van der Waals surface area contributed by atoms with Gasteiger partial charge < -0.3 is 5.32 Å². The maximum atomic E-state index is 13.1. The Hall–Kier alpha value is -3.30. The minimum Gasteiger partial charge on any atom is -0.310 e. The number of aromatic nitrogens is 2. The number of nitrogens with one attached hydrogen (secondary N) is 2. The van der Waals surface area contributed by atoms with Crippen LogP contribution in [-0.2, 0) is 4.79 Å². The van der Waals surface area contributed by atoms with Crippen molar-refractivity contribution in [3.63, 3.8) is 0 Å². The maximum Gasteiger partial charge on any atom is 0.277 e. The fourth-order valence-corrected chi connectivity index (χ4v) is 3.40. The number of halogens is 1. The van der Waals surface area contributed by atoms with Crippen molar-refractivity contribution >= 4 is 23.3 Å². The minimum atomic E-state index is -1.00. The Morgan fingerprint density at radius 2 is 1.73 bits per heavy atom. The molecule has 6 nitrogen and oxygen atoms in total. The number of H-pyrrole nitrogens is 1. The van der Waals surface area contributed by atoms with Crippen LogP contribution in [0, 0.1) is 17.2 Å². The zero-order valence-electron chi connectivity index (χ0n) is 13.4. The first-order valence-corrected chi connectivity index (χ1v) is 8.34. The number of nitrogens with zero attached hydrogens (tertiary/aromatic N) is 2. The van der Waals surface area contributed by atoms with Crippen molar-refractivity contribution < 1.29 is 4.79 Å². The zero-order valence-corrected chi connectivity index (χ0v) is 14.2. The molecule has 4 rings (SSSR count). The third kappa shape index (κ3) is 2.50. The minimum absolute atomic E-state index is 0.300. The van der Waals surface area contributed by atoms with E-state index in [0.29, 0.717) is 27.7 Å². The van der Waals surface area contributed by atoms with Gasteiger partial charge in [-0.05, 0) is 29.8 Å². The first-order valence-electron chi connectivity index (χ1n) is 7.96. The van der Waals surface area contributed by atoms with E-state index in [-0.39, 0.29) is 5.56 Å². The van der Waals surface area contributed by atoms with Gasteiger partial charge in [-0.15, -0.1) is 0 Å². The van der Waals surface area contributed by atoms with Crippen molar-refractivity contribution in [2.75, 3.05) is 5.32 Å². The molecule has 0 radical (unpaired) electrons. The first kappa shape index (κ1) is 16.2. The Morgan fingerprint density at radius 3 is 2.38 bits per heavy atom. The van der Waals surface area contributed by atoms with Crippen LogP contribution < -0.4 is 10.9 Å². The molecule has 7 heteroatoms. The summed E-state index contributed by atoms with van der Waals surface area (Å²) in [7, 11) is 0. The second kappa shape index (κ2) is 6.21. The molecular formula is C19H13ClN4O2. The van der Waals surface area contributed by atoms with Gasteiger partial charge in [-0.1, -0.05) is 41.9 Å². The summed E-state index contributed by atoms with van der Waals surface area (Å²) in [5.74, 6) is -1.80. The Kier molecular flexibility index (Phi) is 3.86. The number of hydrogen-bond acceptors (Lipinski definition) is 3. The van der Waals surface area contributed by atoms with Crippen molar-refractivity contribution in [1.82, 2.24) is 9.78 Å². The van der Waals surface area contributed by atoms with Gasteiger partial charge in [0.1, 0.15) is 11.7 Å². The Labute approximate surface area is 153 Å². The Balaban J connectivity index is 1.94. The number of fused-ring (bicyclic) bond motifs is 1. The molecule has 2 N–H and O–H groups in total. The topological polar surface area (TPSA) is 90.7 Å². The van der Waals surface area contributed by atoms with Crippen molar-refractivity contribution in [2.45, 2.75) is 5.92 Å². The number of carbonyl (C=O) groups excluding carboxylic acids is 1. The van der Waals surface area contributed by atoms with E-state index >= 15 is 0 Å². The maximum absolute atomic E-state index is 13.1. The molecule has 26 heavy (non-hydrogen) atoms. The summed E-state index contributed by atoms with van der Waals surface area (Å²) < 4.78 is 1.37. The smallest absolute Gasteiger partial charge is 0.277 e. The second-order valence-corrected chi connectivity index (χ2v) is 6.44. The van der Waals surface area contributed by atoms with Crippen molar-refractivity contribution in [3.05, 3.63) is 81.1 Å². The predicted octanol–water partition coefficient (Wildman–Crippen LogP) is 3.04. The molecule has 0 bridgehead atoms. The number of para-hydroxylation sites is 1. The molecular weight excluding hydrogens is 352 g/mol. The fourth-order valence-electron chi connectivity index (χ4n) is 3.27. The summed E-state index contributed by atoms with van der Waals surface area (Å²) in [6.45, 7) is 0. The standard InChI is InChI=1S/C19H13ClN4O2/c20-12-8-6-11(7-9-12)15-14(10-21)18(25)22-17-16(15)19(26)24(23-17)13-4-2-1-3-5-13/h1-9,14-15,23H,(H,22,25). The average Bonchev–Trinajstić information content (AvgIpc) is 2.98. The van der Waals surface area contributed by atoms with Gasteiger partial charge in [0.15, 0.2) is 0 Å². The van der Waals surface area contributed by atoms with Crippen LogP contribution in [0.25, 0.3) is 5.69 Å². The quantitative estimate of drug-likeness (QED) is 0.732. The summed E-state index contributed by atoms with van der Waals surface area (Å²) in [5.41, 5.74) is 1.39. The van der Waals surface area contributed by atoms with E-state index in [0.717, 1.165) is 0 Å². The summed E-state index contributed by atoms with van der Waals surface area (Å²) in [4.78, 5) is 25.5. The largest absolute Gasteiger partial charge is 0.310 e. The molecule has 2 atom stereocenters. The highest BCUT2D eigenvalue weighted by atomic mass is 35.5. The van der Waals surface area contributed by atoms with Crippen LogP contribution >= 0.6 is 11.6 Å². The molecule has 1 aromatic heterocycles. The van der Waals surface area contributed by atoms with Gasteiger partial charge in [0.25, 0.3) is 5.56 Å². The molecule has 0 fully saturated rings. The second-order valence-electron chi connectivity index (χ2n) is 6.00. The number of benzene rings is 2. The zero-order chi connectivity index (χ0) is 18.3. The third-order valence-corrected chi connectivity index (χ3v) is 4.74. The lowest BCUT2D eigenvalue weighted by Gasteiger charge is -2.26. The van der Waals surface area contributed by atoms with Crippen LogP contribution in [0.4, 0.5) is 5.82 Å². The molecule has 128 valence electrons. The number of amides is 1. The SMILES string of the molecule is N#CC1C(=O)Nc2[nH]n(-c3ccccc3)c(=O)c2C1c1ccc(Cl)cc1. The molecule has 1 aliphatic heterocycles. The molecule has 1 aliphatic rings. The van der Waals surface area contributed by atoms with Crippen LogP contribution in [-0.4, -0.2) is 15.7 Å². The van der Waals surface area contributed by atoms with E-state index < -0.39 is 17.7 Å². The van der Waals surface area contributed by atoms with E-state index in [2.05, 4.69) is 10.4 Å². The van der Waals surface area contributed by atoms with Gasteiger partial charge in [-0.2, -0.15) is 5.26 Å². The van der Waals surface area contributed by atoms with E-state index in [1.807, 2.05) is 24.3 Å². The molecule has 3 aromatic rings. The number of carbonyl (C=O) groups is 1. The number of anilines is 1. The average molecular weight is 365 g/mol. The highest BCUT2D eigenvalue weighted by Gasteiger charge is 2.41. The summed E-state index contributed by atoms with van der Waals surface area (Å²) in [6.07, 6.45) is 0. The normalized spacial score (nSPS) is 18.7. The molecule has 2 heterocycles. The monoisotopic (exact) mass is 364 g/mol. The lowest BCUT2D eigenvalue weighted by Crippen LogP contribution is -2.35. The number of nitriles is 1. The molecule has 0 saturated carbocycles. The van der Waals surface area contributed by atoms with Crippen molar-refractivity contribution in [2.24, 2.45) is 5.92 Å². The summed E-state index contributed by atoms with van der Waals surface area (Å²) in [6, 6.07) is 17.9.